The van der Waals surface area contributed by atoms with E-state index in [0.717, 1.165) is 29.0 Å². The average molecular weight is 344 g/mol. The van der Waals surface area contributed by atoms with Crippen LogP contribution in [0.4, 0.5) is 0 Å². The van der Waals surface area contributed by atoms with E-state index in [1.54, 1.807) is 6.92 Å². The maximum absolute atomic E-state index is 12.5. The van der Waals surface area contributed by atoms with Crippen molar-refractivity contribution < 1.29 is 4.79 Å². The molecule has 3 aromatic rings. The summed E-state index contributed by atoms with van der Waals surface area (Å²) < 4.78 is 1.45. The Kier molecular flexibility index (Phi) is 3.53. The van der Waals surface area contributed by atoms with Crippen LogP contribution in [0.25, 0.3) is 5.95 Å². The summed E-state index contributed by atoms with van der Waals surface area (Å²) in [5, 5.41) is 14.4. The summed E-state index contributed by atoms with van der Waals surface area (Å²) in [6.45, 7) is 1.75. The van der Waals surface area contributed by atoms with Crippen molar-refractivity contribution in [3.63, 3.8) is 0 Å². The second-order valence-electron chi connectivity index (χ2n) is 5.58. The highest BCUT2D eigenvalue weighted by Gasteiger charge is 2.27. The SMILES string of the molecule is Cc1nc(C(=O)NC2CCc3c(Cl)cccc32)nn1-c1ncn[nH]1. The minimum Gasteiger partial charge on any atom is -0.342 e. The minimum atomic E-state index is -0.325. The highest BCUT2D eigenvalue weighted by molar-refractivity contribution is 6.31. The first-order valence-corrected chi connectivity index (χ1v) is 7.89. The second-order valence-corrected chi connectivity index (χ2v) is 5.98. The third-order valence-electron chi connectivity index (χ3n) is 4.09. The average Bonchev–Trinajstić information content (AvgIpc) is 3.27. The molecule has 9 heteroatoms. The zero-order valence-electron chi connectivity index (χ0n) is 12.8. The van der Waals surface area contributed by atoms with Crippen molar-refractivity contribution >= 4 is 17.5 Å². The number of carbonyl (C=O) groups is 1. The van der Waals surface area contributed by atoms with E-state index in [9.17, 15) is 4.79 Å². The Bertz CT molecular complexity index is 903. The maximum atomic E-state index is 12.5. The molecule has 0 fully saturated rings. The van der Waals surface area contributed by atoms with Gasteiger partial charge in [-0.05, 0) is 37.0 Å². The molecule has 8 nitrogen and oxygen atoms in total. The number of amides is 1. The van der Waals surface area contributed by atoms with Crippen LogP contribution in [0.5, 0.6) is 0 Å². The summed E-state index contributed by atoms with van der Waals surface area (Å²) in [5.41, 5.74) is 2.16. The molecule has 2 heterocycles. The van der Waals surface area contributed by atoms with Gasteiger partial charge in [0.2, 0.25) is 11.8 Å². The van der Waals surface area contributed by atoms with E-state index in [-0.39, 0.29) is 17.8 Å². The van der Waals surface area contributed by atoms with Crippen LogP contribution in [0.15, 0.2) is 24.5 Å². The van der Waals surface area contributed by atoms with Crippen LogP contribution in [0.3, 0.4) is 0 Å². The third-order valence-corrected chi connectivity index (χ3v) is 4.45. The zero-order chi connectivity index (χ0) is 16.7. The summed E-state index contributed by atoms with van der Waals surface area (Å²) in [6, 6.07) is 5.68. The van der Waals surface area contributed by atoms with Gasteiger partial charge in [0.15, 0.2) is 0 Å². The van der Waals surface area contributed by atoms with Crippen LogP contribution >= 0.6 is 11.6 Å². The van der Waals surface area contributed by atoms with Crippen LogP contribution < -0.4 is 5.32 Å². The fourth-order valence-corrected chi connectivity index (χ4v) is 3.25. The Balaban J connectivity index is 1.56. The molecule has 0 radical (unpaired) electrons. The molecule has 0 saturated heterocycles. The number of H-pyrrole nitrogens is 1. The Morgan fingerprint density at radius 1 is 1.46 bits per heavy atom. The van der Waals surface area contributed by atoms with Crippen LogP contribution in [0.2, 0.25) is 5.02 Å². The minimum absolute atomic E-state index is 0.0799. The lowest BCUT2D eigenvalue weighted by Crippen LogP contribution is -2.28. The van der Waals surface area contributed by atoms with E-state index in [1.165, 1.54) is 11.0 Å². The molecule has 2 N–H and O–H groups in total. The molecule has 1 aliphatic carbocycles. The molecule has 0 spiro atoms. The fraction of sp³-hybridized carbons (Fsp3) is 0.267. The first-order chi connectivity index (χ1) is 11.6. The number of benzene rings is 1. The van der Waals surface area contributed by atoms with Crippen molar-refractivity contribution in [1.82, 2.24) is 35.3 Å². The number of aromatic nitrogens is 6. The Morgan fingerprint density at radius 3 is 3.12 bits per heavy atom. The molecule has 1 amide bonds. The van der Waals surface area contributed by atoms with Crippen molar-refractivity contribution in [2.45, 2.75) is 25.8 Å². The van der Waals surface area contributed by atoms with Gasteiger partial charge in [-0.2, -0.15) is 14.8 Å². The summed E-state index contributed by atoms with van der Waals surface area (Å²) in [5.74, 6) is 0.734. The van der Waals surface area contributed by atoms with E-state index in [4.69, 9.17) is 11.6 Å². The predicted molar refractivity (Wildman–Crippen MR) is 86.0 cm³/mol. The van der Waals surface area contributed by atoms with Gasteiger partial charge in [-0.25, -0.2) is 10.1 Å². The van der Waals surface area contributed by atoms with Gasteiger partial charge in [0.1, 0.15) is 12.2 Å². The number of hydrogen-bond acceptors (Lipinski definition) is 5. The number of nitrogens with zero attached hydrogens (tertiary/aromatic N) is 5. The molecule has 24 heavy (non-hydrogen) atoms. The smallest absolute Gasteiger partial charge is 0.291 e. The molecule has 0 bridgehead atoms. The van der Waals surface area contributed by atoms with Gasteiger partial charge >= 0.3 is 0 Å². The number of aromatic amines is 1. The van der Waals surface area contributed by atoms with Crippen molar-refractivity contribution in [2.75, 3.05) is 0 Å². The van der Waals surface area contributed by atoms with E-state index in [1.807, 2.05) is 18.2 Å². The van der Waals surface area contributed by atoms with Gasteiger partial charge in [0, 0.05) is 5.02 Å². The number of aryl methyl sites for hydroxylation is 1. The van der Waals surface area contributed by atoms with Crippen LogP contribution in [0, 0.1) is 6.92 Å². The molecule has 0 aliphatic heterocycles. The largest absolute Gasteiger partial charge is 0.342 e. The molecule has 1 atom stereocenters. The van der Waals surface area contributed by atoms with Crippen molar-refractivity contribution in [3.8, 4) is 5.95 Å². The summed E-state index contributed by atoms with van der Waals surface area (Å²) in [7, 11) is 0. The highest BCUT2D eigenvalue weighted by Crippen LogP contribution is 2.35. The number of fused-ring (bicyclic) bond motifs is 1. The van der Waals surface area contributed by atoms with Gasteiger partial charge in [-0.3, -0.25) is 4.79 Å². The lowest BCUT2D eigenvalue weighted by atomic mass is 10.1. The predicted octanol–water partition coefficient (Wildman–Crippen LogP) is 1.76. The number of hydrogen-bond donors (Lipinski definition) is 2. The van der Waals surface area contributed by atoms with Gasteiger partial charge < -0.3 is 5.32 Å². The summed E-state index contributed by atoms with van der Waals surface area (Å²) in [4.78, 5) is 20.7. The summed E-state index contributed by atoms with van der Waals surface area (Å²) in [6.07, 6.45) is 3.03. The monoisotopic (exact) mass is 343 g/mol. The van der Waals surface area contributed by atoms with Crippen molar-refractivity contribution in [3.05, 3.63) is 52.3 Å². The van der Waals surface area contributed by atoms with Gasteiger partial charge in [0.25, 0.3) is 5.91 Å². The van der Waals surface area contributed by atoms with Crippen LogP contribution in [-0.4, -0.2) is 35.9 Å². The van der Waals surface area contributed by atoms with Crippen LogP contribution in [0.1, 0.15) is 40.0 Å². The van der Waals surface area contributed by atoms with Crippen LogP contribution in [-0.2, 0) is 6.42 Å². The van der Waals surface area contributed by atoms with Crippen molar-refractivity contribution in [1.29, 1.82) is 0 Å². The second kappa shape index (κ2) is 5.72. The lowest BCUT2D eigenvalue weighted by molar-refractivity contribution is 0.0926. The quantitative estimate of drug-likeness (QED) is 0.754. The third kappa shape index (κ3) is 2.44. The fourth-order valence-electron chi connectivity index (χ4n) is 2.97. The Hall–Kier alpha value is -2.74. The first kappa shape index (κ1) is 14.8. The van der Waals surface area contributed by atoms with E-state index < -0.39 is 0 Å². The molecule has 4 rings (SSSR count). The normalized spacial score (nSPS) is 16.2. The topological polar surface area (TPSA) is 101 Å². The number of nitrogens with one attached hydrogen (secondary N) is 2. The molecular weight excluding hydrogens is 330 g/mol. The number of halogens is 1. The number of carbonyl (C=O) groups excluding carboxylic acids is 1. The molecular formula is C15H14ClN7O. The molecule has 1 unspecified atom stereocenters. The molecule has 2 aromatic heterocycles. The zero-order valence-corrected chi connectivity index (χ0v) is 13.6. The van der Waals surface area contributed by atoms with E-state index >= 15 is 0 Å². The molecule has 0 saturated carbocycles. The molecule has 1 aliphatic rings. The lowest BCUT2D eigenvalue weighted by Gasteiger charge is -2.12. The summed E-state index contributed by atoms with van der Waals surface area (Å²) >= 11 is 6.21. The van der Waals surface area contributed by atoms with E-state index in [0.29, 0.717) is 11.8 Å². The standard InChI is InChI=1S/C15H14ClN7O/c1-8-19-13(22-23(8)15-17-7-18-21-15)14(24)20-12-6-5-9-10(12)3-2-4-11(9)16/h2-4,7,12H,5-6H2,1H3,(H,20,24)(H,17,18,21). The van der Waals surface area contributed by atoms with Gasteiger partial charge in [-0.15, -0.1) is 5.10 Å². The first-order valence-electron chi connectivity index (χ1n) is 7.51. The molecule has 1 aromatic carbocycles. The Morgan fingerprint density at radius 2 is 2.33 bits per heavy atom. The number of rotatable bonds is 3. The Labute approximate surface area is 142 Å². The van der Waals surface area contributed by atoms with Gasteiger partial charge in [0.05, 0.1) is 6.04 Å². The van der Waals surface area contributed by atoms with Gasteiger partial charge in [-0.1, -0.05) is 23.7 Å². The van der Waals surface area contributed by atoms with E-state index in [2.05, 4.69) is 30.6 Å². The molecule has 122 valence electrons. The highest BCUT2D eigenvalue weighted by atomic mass is 35.5. The van der Waals surface area contributed by atoms with Crippen molar-refractivity contribution in [2.24, 2.45) is 0 Å². The maximum Gasteiger partial charge on any atom is 0.291 e.